The lowest BCUT2D eigenvalue weighted by molar-refractivity contribution is 0.630. The van der Waals surface area contributed by atoms with E-state index in [4.69, 9.17) is 5.84 Å². The topological polar surface area (TPSA) is 43.8 Å². The van der Waals surface area contributed by atoms with Gasteiger partial charge in [0, 0.05) is 0 Å². The Hall–Kier alpha value is -0.990. The SMILES string of the molecule is CCCC(C)c1cncn1N. The minimum absolute atomic E-state index is 0.521. The van der Waals surface area contributed by atoms with Gasteiger partial charge in [-0.3, -0.25) is 4.68 Å². The smallest absolute Gasteiger partial charge is 0.114 e. The summed E-state index contributed by atoms with van der Waals surface area (Å²) >= 11 is 0. The van der Waals surface area contributed by atoms with Crippen LogP contribution in [0, 0.1) is 0 Å². The normalized spacial score (nSPS) is 13.3. The highest BCUT2D eigenvalue weighted by molar-refractivity contribution is 5.04. The molecule has 1 rings (SSSR count). The molecule has 1 aromatic heterocycles. The number of aromatic nitrogens is 2. The second-order valence-electron chi connectivity index (χ2n) is 2.92. The van der Waals surface area contributed by atoms with Gasteiger partial charge < -0.3 is 5.84 Å². The minimum atomic E-state index is 0.521. The van der Waals surface area contributed by atoms with Crippen molar-refractivity contribution in [1.82, 2.24) is 9.66 Å². The average Bonchev–Trinajstić information content (AvgIpc) is 2.36. The molecular weight excluding hydrogens is 138 g/mol. The van der Waals surface area contributed by atoms with E-state index in [0.29, 0.717) is 5.92 Å². The third kappa shape index (κ3) is 1.73. The van der Waals surface area contributed by atoms with Crippen molar-refractivity contribution in [3.8, 4) is 0 Å². The van der Waals surface area contributed by atoms with Crippen LogP contribution < -0.4 is 5.84 Å². The molecule has 0 saturated carbocycles. The highest BCUT2D eigenvalue weighted by Gasteiger charge is 2.07. The number of nitrogens with zero attached hydrogens (tertiary/aromatic N) is 2. The fourth-order valence-corrected chi connectivity index (χ4v) is 1.28. The minimum Gasteiger partial charge on any atom is -0.338 e. The second-order valence-corrected chi connectivity index (χ2v) is 2.92. The summed E-state index contributed by atoms with van der Waals surface area (Å²) in [5, 5.41) is 0. The summed E-state index contributed by atoms with van der Waals surface area (Å²) in [5.41, 5.74) is 1.12. The zero-order chi connectivity index (χ0) is 8.27. The van der Waals surface area contributed by atoms with Crippen molar-refractivity contribution in [2.75, 3.05) is 5.84 Å². The maximum atomic E-state index is 5.63. The summed E-state index contributed by atoms with van der Waals surface area (Å²) in [6, 6.07) is 0. The molecule has 0 saturated heterocycles. The molecule has 0 amide bonds. The first-order chi connectivity index (χ1) is 5.25. The molecular formula is C8H15N3. The van der Waals surface area contributed by atoms with E-state index in [2.05, 4.69) is 18.8 Å². The molecule has 0 aromatic carbocycles. The molecule has 1 atom stereocenters. The van der Waals surface area contributed by atoms with E-state index in [-0.39, 0.29) is 0 Å². The number of hydrogen-bond acceptors (Lipinski definition) is 2. The molecule has 1 aromatic rings. The Kier molecular flexibility index (Phi) is 2.52. The molecule has 0 aliphatic heterocycles. The first-order valence-electron chi connectivity index (χ1n) is 4.03. The molecule has 1 heterocycles. The molecule has 0 aliphatic carbocycles. The zero-order valence-corrected chi connectivity index (χ0v) is 7.12. The lowest BCUT2D eigenvalue weighted by Crippen LogP contribution is -2.12. The van der Waals surface area contributed by atoms with Crippen molar-refractivity contribution < 1.29 is 0 Å². The Morgan fingerprint density at radius 2 is 2.45 bits per heavy atom. The fraction of sp³-hybridized carbons (Fsp3) is 0.625. The van der Waals surface area contributed by atoms with Gasteiger partial charge in [0.05, 0.1) is 11.9 Å². The molecule has 0 bridgehead atoms. The number of nitrogens with two attached hydrogens (primary N) is 1. The highest BCUT2D eigenvalue weighted by Crippen LogP contribution is 2.17. The van der Waals surface area contributed by atoms with Crippen LogP contribution >= 0.6 is 0 Å². The monoisotopic (exact) mass is 153 g/mol. The number of rotatable bonds is 3. The summed E-state index contributed by atoms with van der Waals surface area (Å²) in [7, 11) is 0. The van der Waals surface area contributed by atoms with Gasteiger partial charge in [0.25, 0.3) is 0 Å². The van der Waals surface area contributed by atoms with Crippen LogP contribution in [-0.2, 0) is 0 Å². The van der Waals surface area contributed by atoms with Gasteiger partial charge in [-0.25, -0.2) is 4.98 Å². The first-order valence-corrected chi connectivity index (χ1v) is 4.03. The van der Waals surface area contributed by atoms with Crippen molar-refractivity contribution in [2.45, 2.75) is 32.6 Å². The standard InChI is InChI=1S/C8H15N3/c1-3-4-7(2)8-5-10-6-11(8)9/h5-7H,3-4,9H2,1-2H3. The van der Waals surface area contributed by atoms with Crippen LogP contribution in [0.15, 0.2) is 12.5 Å². The van der Waals surface area contributed by atoms with Crippen LogP contribution in [0.1, 0.15) is 38.3 Å². The lowest BCUT2D eigenvalue weighted by atomic mass is 10.0. The highest BCUT2D eigenvalue weighted by atomic mass is 15.3. The van der Waals surface area contributed by atoms with Crippen molar-refractivity contribution in [3.63, 3.8) is 0 Å². The summed E-state index contributed by atoms with van der Waals surface area (Å²) < 4.78 is 1.60. The van der Waals surface area contributed by atoms with E-state index in [9.17, 15) is 0 Å². The van der Waals surface area contributed by atoms with Crippen LogP contribution in [-0.4, -0.2) is 9.66 Å². The Morgan fingerprint density at radius 1 is 1.73 bits per heavy atom. The number of nitrogen functional groups attached to an aromatic ring is 1. The van der Waals surface area contributed by atoms with Crippen molar-refractivity contribution in [1.29, 1.82) is 0 Å². The van der Waals surface area contributed by atoms with Crippen molar-refractivity contribution in [3.05, 3.63) is 18.2 Å². The zero-order valence-electron chi connectivity index (χ0n) is 7.12. The van der Waals surface area contributed by atoms with Gasteiger partial charge in [0.15, 0.2) is 0 Å². The molecule has 3 nitrogen and oxygen atoms in total. The Labute approximate surface area is 67.2 Å². The molecule has 0 fully saturated rings. The van der Waals surface area contributed by atoms with Gasteiger partial charge in [-0.15, -0.1) is 0 Å². The summed E-state index contributed by atoms with van der Waals surface area (Å²) in [5.74, 6) is 6.15. The average molecular weight is 153 g/mol. The summed E-state index contributed by atoms with van der Waals surface area (Å²) in [6.07, 6.45) is 5.83. The van der Waals surface area contributed by atoms with E-state index < -0.39 is 0 Å². The van der Waals surface area contributed by atoms with Crippen LogP contribution in [0.4, 0.5) is 0 Å². The lowest BCUT2D eigenvalue weighted by Gasteiger charge is -2.09. The van der Waals surface area contributed by atoms with Crippen molar-refractivity contribution >= 4 is 0 Å². The molecule has 0 spiro atoms. The van der Waals surface area contributed by atoms with E-state index in [1.54, 1.807) is 11.0 Å². The molecule has 2 N–H and O–H groups in total. The number of hydrogen-bond donors (Lipinski definition) is 1. The fourth-order valence-electron chi connectivity index (χ4n) is 1.28. The number of imidazole rings is 1. The molecule has 0 aliphatic rings. The van der Waals surface area contributed by atoms with Crippen LogP contribution in [0.25, 0.3) is 0 Å². The maximum Gasteiger partial charge on any atom is 0.114 e. The molecule has 62 valence electrons. The largest absolute Gasteiger partial charge is 0.338 e. The second kappa shape index (κ2) is 3.42. The van der Waals surface area contributed by atoms with Crippen LogP contribution in [0.3, 0.4) is 0 Å². The molecule has 11 heavy (non-hydrogen) atoms. The molecule has 1 unspecified atom stereocenters. The van der Waals surface area contributed by atoms with Gasteiger partial charge in [-0.05, 0) is 12.3 Å². The Balaban J connectivity index is 2.67. The molecule has 3 heteroatoms. The van der Waals surface area contributed by atoms with Crippen molar-refractivity contribution in [2.24, 2.45) is 0 Å². The van der Waals surface area contributed by atoms with Gasteiger partial charge in [-0.1, -0.05) is 20.3 Å². The van der Waals surface area contributed by atoms with Gasteiger partial charge in [-0.2, -0.15) is 0 Å². The van der Waals surface area contributed by atoms with E-state index >= 15 is 0 Å². The third-order valence-electron chi connectivity index (χ3n) is 1.92. The first kappa shape index (κ1) is 8.11. The Morgan fingerprint density at radius 3 is 2.91 bits per heavy atom. The summed E-state index contributed by atoms with van der Waals surface area (Å²) in [6.45, 7) is 4.34. The third-order valence-corrected chi connectivity index (χ3v) is 1.92. The van der Waals surface area contributed by atoms with E-state index in [0.717, 1.165) is 5.69 Å². The van der Waals surface area contributed by atoms with Crippen LogP contribution in [0.5, 0.6) is 0 Å². The predicted octanol–water partition coefficient (Wildman–Crippen LogP) is 1.50. The Bertz CT molecular complexity index is 217. The maximum absolute atomic E-state index is 5.63. The van der Waals surface area contributed by atoms with Gasteiger partial charge >= 0.3 is 0 Å². The van der Waals surface area contributed by atoms with E-state index in [1.807, 2.05) is 6.20 Å². The molecule has 0 radical (unpaired) electrons. The quantitative estimate of drug-likeness (QED) is 0.669. The summed E-state index contributed by atoms with van der Waals surface area (Å²) in [4.78, 5) is 3.96. The van der Waals surface area contributed by atoms with Gasteiger partial charge in [0.2, 0.25) is 0 Å². The van der Waals surface area contributed by atoms with Crippen LogP contribution in [0.2, 0.25) is 0 Å². The van der Waals surface area contributed by atoms with Gasteiger partial charge in [0.1, 0.15) is 6.33 Å². The predicted molar refractivity (Wildman–Crippen MR) is 45.7 cm³/mol. The van der Waals surface area contributed by atoms with E-state index in [1.165, 1.54) is 12.8 Å².